The molecule has 0 fully saturated rings. The Bertz CT molecular complexity index is 1280. The highest BCUT2D eigenvalue weighted by Gasteiger charge is 2.17. The third-order valence-electron chi connectivity index (χ3n) is 5.05. The van der Waals surface area contributed by atoms with Crippen molar-refractivity contribution in [3.63, 3.8) is 0 Å². The molecule has 5 aromatic rings. The van der Waals surface area contributed by atoms with Gasteiger partial charge in [0.1, 0.15) is 17.9 Å². The lowest BCUT2D eigenvalue weighted by molar-refractivity contribution is 0.415. The first-order valence-electron chi connectivity index (χ1n) is 9.71. The number of para-hydroxylation sites is 1. The summed E-state index contributed by atoms with van der Waals surface area (Å²) in [6.45, 7) is 0. The van der Waals surface area contributed by atoms with E-state index in [2.05, 4.69) is 50.3 Å². The largest absolute Gasteiger partial charge is 0.497 e. The molecule has 0 atom stereocenters. The van der Waals surface area contributed by atoms with Gasteiger partial charge in [-0.15, -0.1) is 0 Å². The standard InChI is InChI=1S/C25H20N4O/c1-30-21-14-12-19(13-15-21)28-24-23-22(18-8-4-2-5-9-18)16-29(25(23)27-17-26-24)20-10-6-3-7-11-20/h2-17H,1H3,(H,26,27,28). The second-order valence-electron chi connectivity index (χ2n) is 6.89. The van der Waals surface area contributed by atoms with Crippen LogP contribution in [0.15, 0.2) is 97.5 Å². The normalized spacial score (nSPS) is 10.8. The molecule has 0 aliphatic carbocycles. The number of ether oxygens (including phenoxy) is 1. The van der Waals surface area contributed by atoms with E-state index in [1.807, 2.05) is 60.7 Å². The molecule has 0 aliphatic rings. The van der Waals surface area contributed by atoms with E-state index in [1.54, 1.807) is 13.4 Å². The van der Waals surface area contributed by atoms with Crippen LogP contribution in [0.2, 0.25) is 0 Å². The molecule has 1 N–H and O–H groups in total. The van der Waals surface area contributed by atoms with Crippen molar-refractivity contribution in [1.29, 1.82) is 0 Å². The quantitative estimate of drug-likeness (QED) is 0.408. The summed E-state index contributed by atoms with van der Waals surface area (Å²) in [6, 6.07) is 28.3. The Balaban J connectivity index is 1.70. The molecular weight excluding hydrogens is 372 g/mol. The Morgan fingerprint density at radius 2 is 1.50 bits per heavy atom. The summed E-state index contributed by atoms with van der Waals surface area (Å²) in [5.41, 5.74) is 5.03. The second-order valence-corrected chi connectivity index (χ2v) is 6.89. The van der Waals surface area contributed by atoms with E-state index in [0.717, 1.165) is 45.1 Å². The van der Waals surface area contributed by atoms with E-state index in [-0.39, 0.29) is 0 Å². The number of fused-ring (bicyclic) bond motifs is 1. The van der Waals surface area contributed by atoms with Crippen molar-refractivity contribution < 1.29 is 4.74 Å². The van der Waals surface area contributed by atoms with Crippen molar-refractivity contribution in [2.75, 3.05) is 12.4 Å². The van der Waals surface area contributed by atoms with Gasteiger partial charge in [-0.3, -0.25) is 0 Å². The lowest BCUT2D eigenvalue weighted by Gasteiger charge is -2.09. The molecule has 0 bridgehead atoms. The molecule has 2 aromatic heterocycles. The van der Waals surface area contributed by atoms with E-state index in [9.17, 15) is 0 Å². The minimum atomic E-state index is 0.763. The van der Waals surface area contributed by atoms with E-state index in [0.29, 0.717) is 0 Å². The first kappa shape index (κ1) is 17.9. The van der Waals surface area contributed by atoms with Crippen molar-refractivity contribution in [2.45, 2.75) is 0 Å². The van der Waals surface area contributed by atoms with Crippen LogP contribution in [0.3, 0.4) is 0 Å². The smallest absolute Gasteiger partial charge is 0.150 e. The molecule has 3 aromatic carbocycles. The van der Waals surface area contributed by atoms with Crippen LogP contribution in [0, 0.1) is 0 Å². The van der Waals surface area contributed by atoms with Crippen molar-refractivity contribution in [3.05, 3.63) is 97.5 Å². The van der Waals surface area contributed by atoms with Gasteiger partial charge in [-0.25, -0.2) is 9.97 Å². The van der Waals surface area contributed by atoms with Crippen LogP contribution in [0.25, 0.3) is 27.8 Å². The maximum atomic E-state index is 5.26. The Hall–Kier alpha value is -4.12. The fourth-order valence-corrected chi connectivity index (χ4v) is 3.59. The predicted octanol–water partition coefficient (Wildman–Crippen LogP) is 5.84. The molecule has 0 radical (unpaired) electrons. The number of benzene rings is 3. The molecule has 5 nitrogen and oxygen atoms in total. The minimum Gasteiger partial charge on any atom is -0.497 e. The molecule has 30 heavy (non-hydrogen) atoms. The van der Waals surface area contributed by atoms with Crippen LogP contribution in [-0.2, 0) is 0 Å². The van der Waals surface area contributed by atoms with Crippen LogP contribution in [0.4, 0.5) is 11.5 Å². The van der Waals surface area contributed by atoms with Gasteiger partial charge in [0.2, 0.25) is 0 Å². The Morgan fingerprint density at radius 1 is 0.800 bits per heavy atom. The number of anilines is 2. The molecule has 5 rings (SSSR count). The van der Waals surface area contributed by atoms with Crippen LogP contribution < -0.4 is 10.1 Å². The SMILES string of the molecule is COc1ccc(Nc2ncnc3c2c(-c2ccccc2)cn3-c2ccccc2)cc1. The average Bonchev–Trinajstić information content (AvgIpc) is 3.22. The molecule has 146 valence electrons. The van der Waals surface area contributed by atoms with Gasteiger partial charge in [0.15, 0.2) is 5.65 Å². The van der Waals surface area contributed by atoms with Gasteiger partial charge in [-0.2, -0.15) is 0 Å². The first-order chi connectivity index (χ1) is 14.8. The van der Waals surface area contributed by atoms with Crippen LogP contribution in [0.1, 0.15) is 0 Å². The molecule has 0 saturated heterocycles. The highest BCUT2D eigenvalue weighted by Crippen LogP contribution is 2.36. The topological polar surface area (TPSA) is 52.0 Å². The predicted molar refractivity (Wildman–Crippen MR) is 121 cm³/mol. The zero-order valence-electron chi connectivity index (χ0n) is 16.5. The number of hydrogen-bond donors (Lipinski definition) is 1. The lowest BCUT2D eigenvalue weighted by atomic mass is 10.1. The second kappa shape index (κ2) is 7.72. The van der Waals surface area contributed by atoms with Gasteiger partial charge in [0, 0.05) is 23.1 Å². The molecule has 0 amide bonds. The zero-order valence-corrected chi connectivity index (χ0v) is 16.5. The number of nitrogens with zero attached hydrogens (tertiary/aromatic N) is 3. The third-order valence-corrected chi connectivity index (χ3v) is 5.05. The number of rotatable bonds is 5. The van der Waals surface area contributed by atoms with Gasteiger partial charge >= 0.3 is 0 Å². The van der Waals surface area contributed by atoms with E-state index in [1.165, 1.54) is 0 Å². The number of nitrogens with one attached hydrogen (secondary N) is 1. The number of methoxy groups -OCH3 is 1. The summed E-state index contributed by atoms with van der Waals surface area (Å²) in [5, 5.41) is 4.43. The van der Waals surface area contributed by atoms with Gasteiger partial charge < -0.3 is 14.6 Å². The minimum absolute atomic E-state index is 0.763. The first-order valence-corrected chi connectivity index (χ1v) is 9.71. The van der Waals surface area contributed by atoms with Gasteiger partial charge in [-0.05, 0) is 42.0 Å². The number of aromatic nitrogens is 3. The molecular formula is C25H20N4O. The fraction of sp³-hybridized carbons (Fsp3) is 0.0400. The summed E-state index contributed by atoms with van der Waals surface area (Å²) in [7, 11) is 1.66. The van der Waals surface area contributed by atoms with Crippen molar-refractivity contribution in [1.82, 2.24) is 14.5 Å². The summed E-state index contributed by atoms with van der Waals surface area (Å²) >= 11 is 0. The molecule has 0 spiro atoms. The highest BCUT2D eigenvalue weighted by molar-refractivity contribution is 6.03. The monoisotopic (exact) mass is 392 g/mol. The summed E-state index contributed by atoms with van der Waals surface area (Å²) in [6.07, 6.45) is 3.73. The van der Waals surface area contributed by atoms with Crippen molar-refractivity contribution in [3.8, 4) is 22.6 Å². The molecule has 2 heterocycles. The summed E-state index contributed by atoms with van der Waals surface area (Å²) in [4.78, 5) is 9.20. The summed E-state index contributed by atoms with van der Waals surface area (Å²) in [5.74, 6) is 1.58. The Morgan fingerprint density at radius 3 is 2.20 bits per heavy atom. The van der Waals surface area contributed by atoms with E-state index in [4.69, 9.17) is 4.74 Å². The zero-order chi connectivity index (χ0) is 20.3. The molecule has 0 unspecified atom stereocenters. The maximum absolute atomic E-state index is 5.26. The lowest BCUT2D eigenvalue weighted by Crippen LogP contribution is -1.98. The summed E-state index contributed by atoms with van der Waals surface area (Å²) < 4.78 is 7.37. The molecule has 0 aliphatic heterocycles. The highest BCUT2D eigenvalue weighted by atomic mass is 16.5. The molecule has 0 saturated carbocycles. The Kier molecular flexibility index (Phi) is 4.62. The third kappa shape index (κ3) is 3.26. The van der Waals surface area contributed by atoms with E-state index < -0.39 is 0 Å². The van der Waals surface area contributed by atoms with Crippen LogP contribution >= 0.6 is 0 Å². The van der Waals surface area contributed by atoms with E-state index >= 15 is 0 Å². The van der Waals surface area contributed by atoms with Crippen molar-refractivity contribution >= 4 is 22.5 Å². The van der Waals surface area contributed by atoms with Crippen molar-refractivity contribution in [2.24, 2.45) is 0 Å². The van der Waals surface area contributed by atoms with Crippen LogP contribution in [0.5, 0.6) is 5.75 Å². The van der Waals surface area contributed by atoms with Gasteiger partial charge in [-0.1, -0.05) is 48.5 Å². The maximum Gasteiger partial charge on any atom is 0.150 e. The average molecular weight is 392 g/mol. The Labute approximate surface area is 174 Å². The van der Waals surface area contributed by atoms with Crippen LogP contribution in [-0.4, -0.2) is 21.6 Å². The van der Waals surface area contributed by atoms with Gasteiger partial charge in [0.05, 0.1) is 12.5 Å². The van der Waals surface area contributed by atoms with Gasteiger partial charge in [0.25, 0.3) is 0 Å². The number of hydrogen-bond acceptors (Lipinski definition) is 4. The molecule has 5 heteroatoms. The fourth-order valence-electron chi connectivity index (χ4n) is 3.59.